The van der Waals surface area contributed by atoms with E-state index in [-0.39, 0.29) is 12.5 Å². The molecule has 0 radical (unpaired) electrons. The largest absolute Gasteiger partial charge is 0.465 e. The van der Waals surface area contributed by atoms with Gasteiger partial charge in [0.1, 0.15) is 6.54 Å². The molecule has 132 valence electrons. The molecule has 3 aromatic rings. The quantitative estimate of drug-likeness (QED) is 0.509. The van der Waals surface area contributed by atoms with Gasteiger partial charge in [-0.2, -0.15) is 10.5 Å². The highest BCUT2D eigenvalue weighted by Gasteiger charge is 2.11. The predicted octanol–water partition coefficient (Wildman–Crippen LogP) is 4.14. The molecule has 0 N–H and O–H groups in total. The van der Waals surface area contributed by atoms with Crippen molar-refractivity contribution in [1.82, 2.24) is 4.57 Å². The molecule has 0 unspecified atom stereocenters. The molecule has 27 heavy (non-hydrogen) atoms. The van der Waals surface area contributed by atoms with Crippen LogP contribution in [0.1, 0.15) is 23.6 Å². The molecule has 5 heteroatoms. The van der Waals surface area contributed by atoms with E-state index in [9.17, 15) is 10.1 Å². The number of nitriles is 2. The van der Waals surface area contributed by atoms with Gasteiger partial charge in [-0.25, -0.2) is 0 Å². The molecule has 0 atom stereocenters. The predicted molar refractivity (Wildman–Crippen MR) is 103 cm³/mol. The number of carbonyl (C=O) groups excluding carboxylic acids is 1. The van der Waals surface area contributed by atoms with Crippen LogP contribution in [0.15, 0.2) is 54.7 Å². The molecule has 3 rings (SSSR count). The number of esters is 1. The summed E-state index contributed by atoms with van der Waals surface area (Å²) in [6.07, 6.45) is 3.65. The zero-order valence-electron chi connectivity index (χ0n) is 14.8. The second kappa shape index (κ2) is 8.03. The van der Waals surface area contributed by atoms with E-state index in [0.717, 1.165) is 22.0 Å². The zero-order valence-corrected chi connectivity index (χ0v) is 14.8. The van der Waals surface area contributed by atoms with Crippen LogP contribution in [0.2, 0.25) is 0 Å². The van der Waals surface area contributed by atoms with E-state index < -0.39 is 0 Å². The van der Waals surface area contributed by atoms with Crippen molar-refractivity contribution in [3.63, 3.8) is 0 Å². The van der Waals surface area contributed by atoms with Gasteiger partial charge in [0.05, 0.1) is 29.9 Å². The monoisotopic (exact) mass is 355 g/mol. The SMILES string of the molecule is CCOC(=O)Cn1cc(/C=C(/C#N)c2ccc(C#N)cc2)c2ccccc21. The van der Waals surface area contributed by atoms with Crippen molar-refractivity contribution in [3.05, 3.63) is 71.4 Å². The molecule has 2 aromatic carbocycles. The molecule has 0 aliphatic rings. The molecule has 0 aliphatic carbocycles. The molecule has 0 amide bonds. The number of allylic oxidation sites excluding steroid dienone is 1. The number of hydrogen-bond acceptors (Lipinski definition) is 4. The minimum absolute atomic E-state index is 0.112. The van der Waals surface area contributed by atoms with Crippen molar-refractivity contribution >= 4 is 28.5 Å². The number of rotatable bonds is 5. The fraction of sp³-hybridized carbons (Fsp3) is 0.136. The lowest BCUT2D eigenvalue weighted by Gasteiger charge is -2.04. The molecule has 0 aliphatic heterocycles. The standard InChI is InChI=1S/C22H17N3O2/c1-2-27-22(26)15-25-14-19(20-5-3-4-6-21(20)25)11-18(13-24)17-9-7-16(12-23)8-10-17/h3-11,14H,2,15H2,1H3/b18-11-. The van der Waals surface area contributed by atoms with Crippen LogP contribution < -0.4 is 0 Å². The lowest BCUT2D eigenvalue weighted by Crippen LogP contribution is -2.12. The minimum Gasteiger partial charge on any atom is -0.465 e. The maximum Gasteiger partial charge on any atom is 0.325 e. The fourth-order valence-electron chi connectivity index (χ4n) is 2.93. The third-order valence-electron chi connectivity index (χ3n) is 4.17. The van der Waals surface area contributed by atoms with Gasteiger partial charge < -0.3 is 9.30 Å². The van der Waals surface area contributed by atoms with Gasteiger partial charge in [0, 0.05) is 22.7 Å². The highest BCUT2D eigenvalue weighted by molar-refractivity contribution is 5.98. The van der Waals surface area contributed by atoms with Crippen LogP contribution in [-0.2, 0) is 16.1 Å². The van der Waals surface area contributed by atoms with Crippen molar-refractivity contribution in [1.29, 1.82) is 10.5 Å². The fourth-order valence-corrected chi connectivity index (χ4v) is 2.93. The highest BCUT2D eigenvalue weighted by Crippen LogP contribution is 2.26. The van der Waals surface area contributed by atoms with Crippen molar-refractivity contribution in [2.24, 2.45) is 0 Å². The first-order chi connectivity index (χ1) is 13.2. The van der Waals surface area contributed by atoms with Crippen LogP contribution in [0.3, 0.4) is 0 Å². The molecule has 0 bridgehead atoms. The first kappa shape index (κ1) is 18.0. The first-order valence-corrected chi connectivity index (χ1v) is 8.52. The van der Waals surface area contributed by atoms with Gasteiger partial charge in [0.15, 0.2) is 0 Å². The number of hydrogen-bond donors (Lipinski definition) is 0. The van der Waals surface area contributed by atoms with Crippen molar-refractivity contribution in [3.8, 4) is 12.1 Å². The van der Waals surface area contributed by atoms with Gasteiger partial charge >= 0.3 is 5.97 Å². The van der Waals surface area contributed by atoms with Crippen LogP contribution in [-0.4, -0.2) is 17.1 Å². The Hall–Kier alpha value is -3.83. The number of fused-ring (bicyclic) bond motifs is 1. The van der Waals surface area contributed by atoms with Crippen molar-refractivity contribution in [2.45, 2.75) is 13.5 Å². The second-order valence-electron chi connectivity index (χ2n) is 5.89. The zero-order chi connectivity index (χ0) is 19.2. The molecular weight excluding hydrogens is 338 g/mol. The van der Waals surface area contributed by atoms with Gasteiger partial charge in [-0.1, -0.05) is 30.3 Å². The second-order valence-corrected chi connectivity index (χ2v) is 5.89. The van der Waals surface area contributed by atoms with E-state index in [4.69, 9.17) is 10.00 Å². The van der Waals surface area contributed by atoms with E-state index in [2.05, 4.69) is 12.1 Å². The molecular formula is C22H17N3O2. The minimum atomic E-state index is -0.304. The van der Waals surface area contributed by atoms with Crippen LogP contribution in [0, 0.1) is 22.7 Å². The number of aromatic nitrogens is 1. The van der Waals surface area contributed by atoms with Gasteiger partial charge in [0.2, 0.25) is 0 Å². The Morgan fingerprint density at radius 3 is 2.56 bits per heavy atom. The van der Waals surface area contributed by atoms with Gasteiger partial charge in [-0.15, -0.1) is 0 Å². The summed E-state index contributed by atoms with van der Waals surface area (Å²) >= 11 is 0. The number of carbonyl (C=O) groups is 1. The van der Waals surface area contributed by atoms with E-state index in [1.807, 2.05) is 35.0 Å². The number of nitrogens with zero attached hydrogens (tertiary/aromatic N) is 3. The summed E-state index contributed by atoms with van der Waals surface area (Å²) in [4.78, 5) is 11.9. The third kappa shape index (κ3) is 3.89. The summed E-state index contributed by atoms with van der Waals surface area (Å²) in [6.45, 7) is 2.22. The normalized spacial score (nSPS) is 11.0. The van der Waals surface area contributed by atoms with E-state index in [1.165, 1.54) is 0 Å². The highest BCUT2D eigenvalue weighted by atomic mass is 16.5. The maximum atomic E-state index is 11.9. The van der Waals surface area contributed by atoms with Crippen LogP contribution >= 0.6 is 0 Å². The summed E-state index contributed by atoms with van der Waals surface area (Å²) in [5, 5.41) is 19.5. The van der Waals surface area contributed by atoms with E-state index in [0.29, 0.717) is 17.7 Å². The van der Waals surface area contributed by atoms with Crippen LogP contribution in [0.4, 0.5) is 0 Å². The van der Waals surface area contributed by atoms with Gasteiger partial charge in [-0.05, 0) is 36.8 Å². The lowest BCUT2D eigenvalue weighted by molar-refractivity contribution is -0.143. The Morgan fingerprint density at radius 2 is 1.89 bits per heavy atom. The smallest absolute Gasteiger partial charge is 0.325 e. The van der Waals surface area contributed by atoms with Gasteiger partial charge in [0.25, 0.3) is 0 Å². The Balaban J connectivity index is 2.04. The summed E-state index contributed by atoms with van der Waals surface area (Å²) in [7, 11) is 0. The molecule has 0 fully saturated rings. The Morgan fingerprint density at radius 1 is 1.15 bits per heavy atom. The average molecular weight is 355 g/mol. The Kier molecular flexibility index (Phi) is 5.35. The number of ether oxygens (including phenoxy) is 1. The molecule has 0 saturated carbocycles. The topological polar surface area (TPSA) is 78.8 Å². The molecule has 1 heterocycles. The summed E-state index contributed by atoms with van der Waals surface area (Å²) in [6, 6.07) is 18.9. The molecule has 5 nitrogen and oxygen atoms in total. The molecule has 0 saturated heterocycles. The van der Waals surface area contributed by atoms with E-state index in [1.54, 1.807) is 37.3 Å². The van der Waals surface area contributed by atoms with Crippen molar-refractivity contribution < 1.29 is 9.53 Å². The van der Waals surface area contributed by atoms with Crippen LogP contribution in [0.25, 0.3) is 22.6 Å². The lowest BCUT2D eigenvalue weighted by atomic mass is 10.0. The summed E-state index contributed by atoms with van der Waals surface area (Å²) in [5.74, 6) is -0.304. The third-order valence-corrected chi connectivity index (χ3v) is 4.17. The maximum absolute atomic E-state index is 11.9. The number of para-hydroxylation sites is 1. The summed E-state index contributed by atoms with van der Waals surface area (Å²) < 4.78 is 6.87. The van der Waals surface area contributed by atoms with Gasteiger partial charge in [-0.3, -0.25) is 4.79 Å². The van der Waals surface area contributed by atoms with E-state index >= 15 is 0 Å². The Bertz CT molecular complexity index is 1090. The van der Waals surface area contributed by atoms with Crippen LogP contribution in [0.5, 0.6) is 0 Å². The average Bonchev–Trinajstić information content (AvgIpc) is 3.04. The molecule has 0 spiro atoms. The first-order valence-electron chi connectivity index (χ1n) is 8.52. The summed E-state index contributed by atoms with van der Waals surface area (Å²) in [5.41, 5.74) is 3.50. The van der Waals surface area contributed by atoms with Crippen molar-refractivity contribution in [2.75, 3.05) is 6.61 Å². The number of benzene rings is 2. The Labute approximate surface area is 157 Å². The molecule has 1 aromatic heterocycles.